The number of pyridine rings is 2. The third kappa shape index (κ3) is 5.32. The van der Waals surface area contributed by atoms with Gasteiger partial charge in [-0.05, 0) is 43.9 Å². The third-order valence-electron chi connectivity index (χ3n) is 4.83. The van der Waals surface area contributed by atoms with Gasteiger partial charge in [-0.1, -0.05) is 13.8 Å². The highest BCUT2D eigenvalue weighted by atomic mass is 19.4. The fourth-order valence-corrected chi connectivity index (χ4v) is 3.79. The number of rotatable bonds is 6. The summed E-state index contributed by atoms with van der Waals surface area (Å²) in [6.07, 6.45) is -3.06. The molecule has 0 unspecified atom stereocenters. The first-order valence-electron chi connectivity index (χ1n) is 10.0. The number of aryl methyl sites for hydroxylation is 1. The molecule has 172 valence electrons. The Labute approximate surface area is 182 Å². The van der Waals surface area contributed by atoms with E-state index in [0.29, 0.717) is 18.2 Å². The number of hydrogen-bond acceptors (Lipinski definition) is 4. The fourth-order valence-electron chi connectivity index (χ4n) is 3.79. The third-order valence-corrected chi connectivity index (χ3v) is 4.83. The summed E-state index contributed by atoms with van der Waals surface area (Å²) in [4.78, 5) is 7.96. The van der Waals surface area contributed by atoms with Crippen molar-refractivity contribution >= 4 is 10.9 Å². The van der Waals surface area contributed by atoms with Crippen LogP contribution in [0.4, 0.5) is 22.0 Å². The van der Waals surface area contributed by atoms with Gasteiger partial charge in [0, 0.05) is 40.5 Å². The van der Waals surface area contributed by atoms with Gasteiger partial charge in [0.15, 0.2) is 0 Å². The molecule has 0 aliphatic heterocycles. The molecule has 0 radical (unpaired) electrons. The van der Waals surface area contributed by atoms with Crippen LogP contribution in [-0.4, -0.2) is 22.1 Å². The maximum absolute atomic E-state index is 14.5. The zero-order valence-electron chi connectivity index (χ0n) is 18.1. The second kappa shape index (κ2) is 8.61. The van der Waals surface area contributed by atoms with Crippen LogP contribution in [0.3, 0.4) is 0 Å². The molecule has 3 aromatic rings. The number of aromatic nitrogens is 2. The zero-order valence-corrected chi connectivity index (χ0v) is 18.1. The first kappa shape index (κ1) is 23.8. The van der Waals surface area contributed by atoms with Crippen LogP contribution in [0.2, 0.25) is 0 Å². The molecular weight excluding hydrogens is 429 g/mol. The van der Waals surface area contributed by atoms with Crippen LogP contribution < -0.4 is 10.5 Å². The van der Waals surface area contributed by atoms with Gasteiger partial charge >= 0.3 is 6.18 Å². The van der Waals surface area contributed by atoms with E-state index in [1.807, 2.05) is 13.8 Å². The summed E-state index contributed by atoms with van der Waals surface area (Å²) in [5.41, 5.74) is 4.70. The average molecular weight is 453 g/mol. The van der Waals surface area contributed by atoms with E-state index in [4.69, 9.17) is 10.5 Å². The predicted molar refractivity (Wildman–Crippen MR) is 112 cm³/mol. The number of fused-ring (bicyclic) bond motifs is 1. The van der Waals surface area contributed by atoms with Gasteiger partial charge in [0.05, 0.1) is 5.52 Å². The Kier molecular flexibility index (Phi) is 6.42. The molecule has 0 aliphatic carbocycles. The molecule has 0 spiro atoms. The number of hydrogen-bond donors (Lipinski definition) is 1. The summed E-state index contributed by atoms with van der Waals surface area (Å²) >= 11 is 0. The molecule has 2 N–H and O–H groups in total. The van der Waals surface area contributed by atoms with Crippen molar-refractivity contribution in [3.63, 3.8) is 0 Å². The Morgan fingerprint density at radius 3 is 2.41 bits per heavy atom. The molecule has 1 atom stereocenters. The summed E-state index contributed by atoms with van der Waals surface area (Å²) in [7, 11) is 0. The van der Waals surface area contributed by atoms with E-state index in [9.17, 15) is 22.0 Å². The van der Waals surface area contributed by atoms with Gasteiger partial charge < -0.3 is 10.5 Å². The zero-order chi connectivity index (χ0) is 23.8. The molecule has 1 aromatic carbocycles. The van der Waals surface area contributed by atoms with E-state index >= 15 is 0 Å². The molecule has 0 saturated heterocycles. The van der Waals surface area contributed by atoms with Crippen LogP contribution in [-0.2, 0) is 6.18 Å². The summed E-state index contributed by atoms with van der Waals surface area (Å²) < 4.78 is 75.0. The Bertz CT molecular complexity index is 1140. The minimum Gasteiger partial charge on any atom is -0.475 e. The second-order valence-corrected chi connectivity index (χ2v) is 8.71. The van der Waals surface area contributed by atoms with E-state index < -0.39 is 34.8 Å². The highest BCUT2D eigenvalue weighted by Gasteiger charge is 2.36. The molecule has 2 aromatic heterocycles. The number of nitrogens with zero attached hydrogens (tertiary/aromatic N) is 2. The Hall–Kier alpha value is -2.81. The Morgan fingerprint density at radius 1 is 1.09 bits per heavy atom. The highest BCUT2D eigenvalue weighted by molar-refractivity contribution is 5.95. The number of benzene rings is 1. The van der Waals surface area contributed by atoms with Crippen LogP contribution in [0.5, 0.6) is 5.88 Å². The molecule has 0 aliphatic rings. The average Bonchev–Trinajstić information content (AvgIpc) is 2.63. The van der Waals surface area contributed by atoms with E-state index in [0.717, 1.165) is 18.3 Å². The minimum atomic E-state index is -4.77. The minimum absolute atomic E-state index is 0.000955. The van der Waals surface area contributed by atoms with E-state index in [2.05, 4.69) is 9.97 Å². The molecule has 0 bridgehead atoms. The molecule has 3 rings (SSSR count). The number of alkyl halides is 3. The molecule has 0 amide bonds. The smallest absolute Gasteiger partial charge is 0.421 e. The molecule has 2 heterocycles. The standard InChI is InChI=1S/C23H24F5N3O/c1-12(2)9-22(4,29)11-32-21-17(23(26,27)28)6-14(10-30-21)16-5-13(3)31-19-8-15(24)7-18(25)20(16)19/h5-8,10,12H,9,11,29H2,1-4H3/t22-/m0/s1. The highest BCUT2D eigenvalue weighted by Crippen LogP contribution is 2.39. The molecule has 9 heteroatoms. The van der Waals surface area contributed by atoms with Crippen LogP contribution in [0.1, 0.15) is 38.4 Å². The number of ether oxygens (including phenoxy) is 1. The van der Waals surface area contributed by atoms with Gasteiger partial charge in [-0.2, -0.15) is 13.2 Å². The molecule has 32 heavy (non-hydrogen) atoms. The Morgan fingerprint density at radius 2 is 1.78 bits per heavy atom. The second-order valence-electron chi connectivity index (χ2n) is 8.71. The van der Waals surface area contributed by atoms with Gasteiger partial charge in [0.25, 0.3) is 0 Å². The molecule has 4 nitrogen and oxygen atoms in total. The molecule has 0 saturated carbocycles. The van der Waals surface area contributed by atoms with Gasteiger partial charge in [-0.15, -0.1) is 0 Å². The predicted octanol–water partition coefficient (Wildman–Crippen LogP) is 6.04. The summed E-state index contributed by atoms with van der Waals surface area (Å²) in [5, 5.41) is -0.0907. The lowest BCUT2D eigenvalue weighted by Crippen LogP contribution is -2.43. The fraction of sp³-hybridized carbons (Fsp3) is 0.391. The summed E-state index contributed by atoms with van der Waals surface area (Å²) in [6, 6.07) is 3.97. The lowest BCUT2D eigenvalue weighted by molar-refractivity contribution is -0.139. The Balaban J connectivity index is 2.09. The first-order chi connectivity index (χ1) is 14.8. The van der Waals surface area contributed by atoms with E-state index in [1.54, 1.807) is 13.8 Å². The van der Waals surface area contributed by atoms with Crippen molar-refractivity contribution < 1.29 is 26.7 Å². The molecule has 0 fully saturated rings. The van der Waals surface area contributed by atoms with Crippen LogP contribution in [0, 0.1) is 24.5 Å². The van der Waals surface area contributed by atoms with E-state index in [1.165, 1.54) is 6.07 Å². The SMILES string of the molecule is Cc1cc(-c2cnc(OC[C@@](C)(N)CC(C)C)c(C(F)(F)F)c2)c2c(F)cc(F)cc2n1. The number of halogens is 5. The lowest BCUT2D eigenvalue weighted by atomic mass is 9.93. The van der Waals surface area contributed by atoms with Crippen LogP contribution >= 0.6 is 0 Å². The van der Waals surface area contributed by atoms with Crippen molar-refractivity contribution in [2.24, 2.45) is 11.7 Å². The van der Waals surface area contributed by atoms with E-state index in [-0.39, 0.29) is 34.6 Å². The largest absolute Gasteiger partial charge is 0.475 e. The van der Waals surface area contributed by atoms with Gasteiger partial charge in [0.2, 0.25) is 5.88 Å². The maximum atomic E-state index is 14.5. The quantitative estimate of drug-likeness (QED) is 0.462. The van der Waals surface area contributed by atoms with Crippen molar-refractivity contribution in [2.75, 3.05) is 6.61 Å². The maximum Gasteiger partial charge on any atom is 0.421 e. The van der Waals surface area contributed by atoms with Crippen LogP contribution in [0.25, 0.3) is 22.0 Å². The normalized spacial score (nSPS) is 14.1. The van der Waals surface area contributed by atoms with Gasteiger partial charge in [0.1, 0.15) is 23.8 Å². The van der Waals surface area contributed by atoms with Gasteiger partial charge in [-0.25, -0.2) is 13.8 Å². The number of nitrogens with two attached hydrogens (primary N) is 1. The molecular formula is C23H24F5N3O. The van der Waals surface area contributed by atoms with Crippen molar-refractivity contribution in [3.8, 4) is 17.0 Å². The topological polar surface area (TPSA) is 61.0 Å². The first-order valence-corrected chi connectivity index (χ1v) is 10.0. The van der Waals surface area contributed by atoms with Crippen molar-refractivity contribution in [2.45, 2.75) is 45.8 Å². The van der Waals surface area contributed by atoms with Crippen molar-refractivity contribution in [3.05, 3.63) is 53.4 Å². The lowest BCUT2D eigenvalue weighted by Gasteiger charge is -2.27. The van der Waals surface area contributed by atoms with Crippen molar-refractivity contribution in [1.29, 1.82) is 0 Å². The summed E-state index contributed by atoms with van der Waals surface area (Å²) in [5.74, 6) is -2.13. The van der Waals surface area contributed by atoms with Gasteiger partial charge in [-0.3, -0.25) is 4.98 Å². The monoisotopic (exact) mass is 453 g/mol. The van der Waals surface area contributed by atoms with Crippen LogP contribution in [0.15, 0.2) is 30.5 Å². The van der Waals surface area contributed by atoms with Crippen molar-refractivity contribution in [1.82, 2.24) is 9.97 Å². The summed E-state index contributed by atoms with van der Waals surface area (Å²) in [6.45, 7) is 7.02.